The van der Waals surface area contributed by atoms with Gasteiger partial charge in [0, 0.05) is 50.5 Å². The summed E-state index contributed by atoms with van der Waals surface area (Å²) in [6, 6.07) is 13.3. The van der Waals surface area contributed by atoms with E-state index in [9.17, 15) is 13.2 Å². The van der Waals surface area contributed by atoms with E-state index in [1.165, 1.54) is 17.8 Å². The number of hydrogen-bond acceptors (Lipinski definition) is 5. The second-order valence-corrected chi connectivity index (χ2v) is 9.67. The summed E-state index contributed by atoms with van der Waals surface area (Å²) in [5.74, 6) is -0.166. The van der Waals surface area contributed by atoms with Crippen molar-refractivity contribution in [3.05, 3.63) is 58.6 Å². The third-order valence-corrected chi connectivity index (χ3v) is 7.11. The lowest BCUT2D eigenvalue weighted by Crippen LogP contribution is -2.47. The van der Waals surface area contributed by atoms with Gasteiger partial charge in [0.05, 0.1) is 5.02 Å². The highest BCUT2D eigenvalue weighted by Crippen LogP contribution is 2.30. The Labute approximate surface area is 199 Å². The first-order chi connectivity index (χ1) is 14.3. The van der Waals surface area contributed by atoms with Gasteiger partial charge in [0.25, 0.3) is 5.91 Å². The molecule has 32 heavy (non-hydrogen) atoms. The highest BCUT2D eigenvalue weighted by atomic mass is 35.5. The molecular formula is C21H28Cl2N4O4S. The molecule has 1 saturated heterocycles. The number of amides is 1. The average Bonchev–Trinajstić information content (AvgIpc) is 3.02. The maximum atomic E-state index is 12.7. The fourth-order valence-electron chi connectivity index (χ4n) is 4.12. The number of piperazine rings is 1. The summed E-state index contributed by atoms with van der Waals surface area (Å²) >= 11 is 6.05. The zero-order chi connectivity index (χ0) is 21.3. The zero-order valence-electron chi connectivity index (χ0n) is 17.5. The van der Waals surface area contributed by atoms with E-state index in [4.69, 9.17) is 16.7 Å². The van der Waals surface area contributed by atoms with E-state index in [0.29, 0.717) is 18.7 Å². The van der Waals surface area contributed by atoms with E-state index in [-0.39, 0.29) is 33.7 Å². The highest BCUT2D eigenvalue weighted by Gasteiger charge is 2.30. The van der Waals surface area contributed by atoms with Crippen molar-refractivity contribution in [2.45, 2.75) is 17.9 Å². The average molecular weight is 503 g/mol. The molecular weight excluding hydrogens is 475 g/mol. The number of rotatable bonds is 6. The minimum Gasteiger partial charge on any atom is -0.412 e. The lowest BCUT2D eigenvalue weighted by molar-refractivity contribution is 0.0770. The summed E-state index contributed by atoms with van der Waals surface area (Å²) < 4.78 is 23.3. The second kappa shape index (κ2) is 10.8. The first kappa shape index (κ1) is 26.4. The van der Waals surface area contributed by atoms with Gasteiger partial charge in [0.2, 0.25) is 10.0 Å². The molecule has 11 heteroatoms. The van der Waals surface area contributed by atoms with E-state index in [0.717, 1.165) is 44.7 Å². The van der Waals surface area contributed by atoms with Crippen molar-refractivity contribution in [2.75, 3.05) is 44.2 Å². The molecule has 2 aromatic rings. The minimum atomic E-state index is -3.97. The summed E-state index contributed by atoms with van der Waals surface area (Å²) in [5.41, 5.74) is 2.38. The van der Waals surface area contributed by atoms with Gasteiger partial charge in [0.1, 0.15) is 4.90 Å². The molecule has 2 aliphatic rings. The molecule has 0 bridgehead atoms. The van der Waals surface area contributed by atoms with Crippen molar-refractivity contribution in [3.8, 4) is 0 Å². The second-order valence-electron chi connectivity index (χ2n) is 7.73. The summed E-state index contributed by atoms with van der Waals surface area (Å²) in [7, 11) is -3.97. The van der Waals surface area contributed by atoms with Crippen LogP contribution in [0.25, 0.3) is 0 Å². The lowest BCUT2D eigenvalue weighted by Gasteiger charge is -2.36. The Hall–Kier alpha value is -1.88. The van der Waals surface area contributed by atoms with E-state index >= 15 is 0 Å². The number of benzene rings is 2. The van der Waals surface area contributed by atoms with Crippen LogP contribution in [-0.4, -0.2) is 68.9 Å². The molecule has 2 aliphatic heterocycles. The zero-order valence-corrected chi connectivity index (χ0v) is 19.9. The van der Waals surface area contributed by atoms with Crippen LogP contribution in [0.1, 0.15) is 22.3 Å². The van der Waals surface area contributed by atoms with Gasteiger partial charge in [0.15, 0.2) is 0 Å². The Morgan fingerprint density at radius 3 is 2.28 bits per heavy atom. The Balaban J connectivity index is 0.00000181. The molecule has 4 rings (SSSR count). The van der Waals surface area contributed by atoms with Crippen LogP contribution < -0.4 is 10.0 Å². The van der Waals surface area contributed by atoms with Crippen LogP contribution >= 0.6 is 24.0 Å². The van der Waals surface area contributed by atoms with Gasteiger partial charge in [-0.05, 0) is 42.8 Å². The number of hydrogen-bond donors (Lipinski definition) is 1. The van der Waals surface area contributed by atoms with Crippen LogP contribution in [0.5, 0.6) is 0 Å². The van der Waals surface area contributed by atoms with E-state index in [2.05, 4.69) is 34.1 Å². The Morgan fingerprint density at radius 2 is 1.66 bits per heavy atom. The van der Waals surface area contributed by atoms with Gasteiger partial charge in [-0.15, -0.1) is 12.4 Å². The molecule has 1 amide bonds. The highest BCUT2D eigenvalue weighted by molar-refractivity contribution is 7.89. The molecule has 8 nitrogen and oxygen atoms in total. The molecule has 2 aromatic carbocycles. The van der Waals surface area contributed by atoms with Crippen molar-refractivity contribution < 1.29 is 18.7 Å². The maximum absolute atomic E-state index is 12.7. The number of carbonyl (C=O) groups excluding carboxylic acids is 1. The molecule has 4 N–H and O–H groups in total. The minimum absolute atomic E-state index is 0. The van der Waals surface area contributed by atoms with Crippen molar-refractivity contribution >= 4 is 45.6 Å². The first-order valence-corrected chi connectivity index (χ1v) is 11.9. The van der Waals surface area contributed by atoms with Gasteiger partial charge < -0.3 is 15.3 Å². The molecule has 1 fully saturated rings. The number of nitrogens with zero attached hydrogens (tertiary/aromatic N) is 3. The third-order valence-electron chi connectivity index (χ3n) is 5.74. The number of fused-ring (bicyclic) bond motifs is 1. The van der Waals surface area contributed by atoms with Crippen LogP contribution in [-0.2, 0) is 16.6 Å². The quantitative estimate of drug-likeness (QED) is 0.645. The van der Waals surface area contributed by atoms with Gasteiger partial charge in [-0.2, -0.15) is 0 Å². The molecule has 0 aliphatic carbocycles. The van der Waals surface area contributed by atoms with Gasteiger partial charge in [-0.3, -0.25) is 9.69 Å². The predicted molar refractivity (Wildman–Crippen MR) is 128 cm³/mol. The molecule has 2 heterocycles. The monoisotopic (exact) mass is 502 g/mol. The Kier molecular flexibility index (Phi) is 8.92. The van der Waals surface area contributed by atoms with Gasteiger partial charge in [-0.25, -0.2) is 13.6 Å². The van der Waals surface area contributed by atoms with E-state index < -0.39 is 10.0 Å². The lowest BCUT2D eigenvalue weighted by atomic mass is 10.1. The molecule has 0 aromatic heterocycles. The number of sulfonamides is 1. The summed E-state index contributed by atoms with van der Waals surface area (Å²) in [5, 5.41) is 5.25. The fourth-order valence-corrected chi connectivity index (χ4v) is 5.25. The predicted octanol–water partition coefficient (Wildman–Crippen LogP) is 1.75. The first-order valence-electron chi connectivity index (χ1n) is 10.00. The van der Waals surface area contributed by atoms with Crippen molar-refractivity contribution in [3.63, 3.8) is 0 Å². The van der Waals surface area contributed by atoms with Crippen LogP contribution in [0.3, 0.4) is 0 Å². The molecule has 0 atom stereocenters. The standard InChI is InChI=1S/C21H25ClN4O3S.ClH.H2O/c22-19-13-16-15-26(21(27)18(16)14-20(19)30(23,28)29)8-4-7-24-9-11-25(12-10-24)17-5-2-1-3-6-17;;/h1-3,5-6,13-14H,4,7-12,15H2,(H2,23,28,29);1H;1H2. The summed E-state index contributed by atoms with van der Waals surface area (Å²) in [6.07, 6.45) is 0.862. The number of halogens is 2. The van der Waals surface area contributed by atoms with Crippen molar-refractivity contribution in [1.29, 1.82) is 0 Å². The number of carbonyl (C=O) groups is 1. The van der Waals surface area contributed by atoms with Crippen LogP contribution in [0.4, 0.5) is 5.69 Å². The summed E-state index contributed by atoms with van der Waals surface area (Å²) in [4.78, 5) is 19.1. The topological polar surface area (TPSA) is 118 Å². The maximum Gasteiger partial charge on any atom is 0.254 e. The van der Waals surface area contributed by atoms with Crippen molar-refractivity contribution in [2.24, 2.45) is 5.14 Å². The van der Waals surface area contributed by atoms with Crippen LogP contribution in [0.2, 0.25) is 5.02 Å². The fraction of sp³-hybridized carbons (Fsp3) is 0.381. The number of nitrogens with two attached hydrogens (primary N) is 1. The largest absolute Gasteiger partial charge is 0.412 e. The van der Waals surface area contributed by atoms with E-state index in [1.54, 1.807) is 4.90 Å². The van der Waals surface area contributed by atoms with Gasteiger partial charge in [-0.1, -0.05) is 29.8 Å². The Bertz CT molecular complexity index is 1050. The van der Waals surface area contributed by atoms with E-state index in [1.807, 2.05) is 6.07 Å². The molecule has 0 radical (unpaired) electrons. The normalized spacial score (nSPS) is 16.4. The van der Waals surface area contributed by atoms with Crippen LogP contribution in [0.15, 0.2) is 47.4 Å². The summed E-state index contributed by atoms with van der Waals surface area (Å²) in [6.45, 7) is 5.97. The third kappa shape index (κ3) is 5.72. The van der Waals surface area contributed by atoms with Crippen molar-refractivity contribution in [1.82, 2.24) is 9.80 Å². The number of para-hydroxylation sites is 1. The Morgan fingerprint density at radius 1 is 1.00 bits per heavy atom. The van der Waals surface area contributed by atoms with Crippen LogP contribution in [0, 0.1) is 0 Å². The molecule has 0 spiro atoms. The molecule has 0 saturated carbocycles. The number of anilines is 1. The SMILES string of the molecule is Cl.NS(=O)(=O)c1cc2c(cc1Cl)CN(CCCN1CCN(c3ccccc3)CC1)C2=O.O. The number of primary sulfonamides is 1. The van der Waals surface area contributed by atoms with Gasteiger partial charge >= 0.3 is 0 Å². The smallest absolute Gasteiger partial charge is 0.254 e. The molecule has 176 valence electrons. The molecule has 0 unspecified atom stereocenters.